The number of fused-ring (bicyclic) bond motifs is 1. The van der Waals surface area contributed by atoms with E-state index in [0.717, 1.165) is 16.5 Å². The highest BCUT2D eigenvalue weighted by Gasteiger charge is 2.62. The minimum Gasteiger partial charge on any atom is -0.464 e. The van der Waals surface area contributed by atoms with E-state index in [9.17, 15) is 0 Å². The summed E-state index contributed by atoms with van der Waals surface area (Å²) in [6.07, 6.45) is 1.78. The van der Waals surface area contributed by atoms with E-state index < -0.39 is 36.6 Å². The van der Waals surface area contributed by atoms with Crippen molar-refractivity contribution in [2.75, 3.05) is 0 Å². The lowest BCUT2D eigenvalue weighted by Crippen LogP contribution is -2.41. The van der Waals surface area contributed by atoms with Crippen LogP contribution in [-0.2, 0) is 18.6 Å². The van der Waals surface area contributed by atoms with Gasteiger partial charge in [-0.2, -0.15) is 0 Å². The lowest BCUT2D eigenvalue weighted by molar-refractivity contribution is 0.00578. The SMILES string of the molecule is CC1(C)OB(C(B2OC(C)(C)C(C)(C)O2)c2coc3ccccc23)OC1(C)C. The van der Waals surface area contributed by atoms with Gasteiger partial charge in [-0.05, 0) is 67.0 Å². The van der Waals surface area contributed by atoms with Gasteiger partial charge < -0.3 is 23.0 Å². The average Bonchev–Trinajstić information content (AvgIpc) is 3.12. The smallest absolute Gasteiger partial charge is 0.463 e. The maximum Gasteiger partial charge on any atom is 0.463 e. The van der Waals surface area contributed by atoms with Crippen molar-refractivity contribution in [2.24, 2.45) is 0 Å². The summed E-state index contributed by atoms with van der Waals surface area (Å²) in [6.45, 7) is 16.5. The molecule has 28 heavy (non-hydrogen) atoms. The van der Waals surface area contributed by atoms with Crippen LogP contribution in [0, 0.1) is 0 Å². The van der Waals surface area contributed by atoms with E-state index >= 15 is 0 Å². The van der Waals surface area contributed by atoms with Crippen LogP contribution < -0.4 is 0 Å². The fraction of sp³-hybridized carbons (Fsp3) is 0.619. The molecule has 3 heterocycles. The van der Waals surface area contributed by atoms with Crippen molar-refractivity contribution >= 4 is 25.2 Å². The Hall–Kier alpha value is -1.27. The lowest BCUT2D eigenvalue weighted by atomic mass is 9.49. The number of para-hydroxylation sites is 1. The molecule has 0 N–H and O–H groups in total. The molecule has 0 bridgehead atoms. The van der Waals surface area contributed by atoms with Gasteiger partial charge in [-0.25, -0.2) is 0 Å². The molecule has 0 atom stereocenters. The molecule has 0 aliphatic carbocycles. The third-order valence-electron chi connectivity index (χ3n) is 7.00. The standard InChI is InChI=1S/C21H30B2O5/c1-18(2)19(3,4)26-22(25-18)17(23-27-20(5,6)21(7,8)28-23)15-13-24-16-12-10-9-11-14(15)16/h9-13,17H,1-8H3. The molecule has 2 aliphatic rings. The van der Waals surface area contributed by atoms with E-state index in [-0.39, 0.29) is 5.72 Å². The summed E-state index contributed by atoms with van der Waals surface area (Å²) >= 11 is 0. The van der Waals surface area contributed by atoms with Gasteiger partial charge in [-0.3, -0.25) is 0 Å². The van der Waals surface area contributed by atoms with Crippen LogP contribution in [0.3, 0.4) is 0 Å². The number of furan rings is 1. The van der Waals surface area contributed by atoms with Crippen LogP contribution in [0.15, 0.2) is 34.9 Å². The summed E-state index contributed by atoms with van der Waals surface area (Å²) in [5, 5.41) is 1.02. The number of hydrogen-bond acceptors (Lipinski definition) is 5. The molecule has 2 fully saturated rings. The quantitative estimate of drug-likeness (QED) is 0.713. The van der Waals surface area contributed by atoms with Gasteiger partial charge in [0.15, 0.2) is 0 Å². The Kier molecular flexibility index (Phi) is 4.37. The molecule has 0 spiro atoms. The zero-order valence-corrected chi connectivity index (χ0v) is 18.2. The van der Waals surface area contributed by atoms with Crippen LogP contribution in [-0.4, -0.2) is 36.6 Å². The summed E-state index contributed by atoms with van der Waals surface area (Å²) < 4.78 is 31.5. The van der Waals surface area contributed by atoms with Crippen molar-refractivity contribution in [3.63, 3.8) is 0 Å². The summed E-state index contributed by atoms with van der Waals surface area (Å²) in [5.74, 6) is 0. The van der Waals surface area contributed by atoms with Crippen LogP contribution in [0.1, 0.15) is 66.7 Å². The summed E-state index contributed by atoms with van der Waals surface area (Å²) in [5.41, 5.74) is -0.259. The third kappa shape index (κ3) is 2.95. The van der Waals surface area contributed by atoms with Gasteiger partial charge in [0.1, 0.15) is 5.58 Å². The Bertz CT molecular complexity index is 818. The van der Waals surface area contributed by atoms with E-state index in [1.807, 2.05) is 18.2 Å². The van der Waals surface area contributed by atoms with Crippen LogP contribution >= 0.6 is 0 Å². The van der Waals surface area contributed by atoms with Gasteiger partial charge in [0, 0.05) is 5.39 Å². The zero-order chi connectivity index (χ0) is 20.5. The molecular formula is C21H30B2O5. The van der Waals surface area contributed by atoms with Crippen molar-refractivity contribution in [3.05, 3.63) is 36.1 Å². The Morgan fingerprint density at radius 3 is 1.57 bits per heavy atom. The Balaban J connectivity index is 1.79. The Labute approximate surface area is 168 Å². The highest BCUT2D eigenvalue weighted by Crippen LogP contribution is 2.47. The minimum atomic E-state index is -0.513. The molecule has 5 nitrogen and oxygen atoms in total. The molecule has 150 valence electrons. The molecule has 2 saturated heterocycles. The molecule has 2 aliphatic heterocycles. The first-order valence-electron chi connectivity index (χ1n) is 10.0. The molecular weight excluding hydrogens is 354 g/mol. The number of hydrogen-bond donors (Lipinski definition) is 0. The number of rotatable bonds is 3. The molecule has 1 aromatic carbocycles. The number of benzene rings is 1. The first kappa shape index (κ1) is 20.0. The molecule has 4 rings (SSSR count). The fourth-order valence-corrected chi connectivity index (χ4v) is 3.75. The van der Waals surface area contributed by atoms with Crippen molar-refractivity contribution < 1.29 is 23.0 Å². The van der Waals surface area contributed by atoms with Crippen molar-refractivity contribution in [2.45, 2.75) is 83.5 Å². The van der Waals surface area contributed by atoms with Crippen LogP contribution in [0.2, 0.25) is 0 Å². The molecule has 0 radical (unpaired) electrons. The van der Waals surface area contributed by atoms with Crippen LogP contribution in [0.5, 0.6) is 0 Å². The van der Waals surface area contributed by atoms with Gasteiger partial charge in [0.25, 0.3) is 0 Å². The summed E-state index contributed by atoms with van der Waals surface area (Å²) in [6, 6.07) is 7.99. The lowest BCUT2D eigenvalue weighted by Gasteiger charge is -2.32. The highest BCUT2D eigenvalue weighted by molar-refractivity contribution is 6.68. The highest BCUT2D eigenvalue weighted by atomic mass is 16.7. The molecule has 0 saturated carbocycles. The normalized spacial score (nSPS) is 25.2. The Morgan fingerprint density at radius 2 is 1.11 bits per heavy atom. The molecule has 0 amide bonds. The zero-order valence-electron chi connectivity index (χ0n) is 18.2. The van der Waals surface area contributed by atoms with Crippen molar-refractivity contribution in [1.29, 1.82) is 0 Å². The summed E-state index contributed by atoms with van der Waals surface area (Å²) in [4.78, 5) is 0. The van der Waals surface area contributed by atoms with Gasteiger partial charge >= 0.3 is 14.2 Å². The van der Waals surface area contributed by atoms with E-state index in [2.05, 4.69) is 61.5 Å². The topological polar surface area (TPSA) is 50.1 Å². The maximum atomic E-state index is 6.42. The van der Waals surface area contributed by atoms with Gasteiger partial charge in [-0.1, -0.05) is 18.2 Å². The minimum absolute atomic E-state index is 0.286. The largest absolute Gasteiger partial charge is 0.464 e. The first-order chi connectivity index (χ1) is 12.8. The van der Waals surface area contributed by atoms with Crippen LogP contribution in [0.25, 0.3) is 11.0 Å². The van der Waals surface area contributed by atoms with E-state index in [1.165, 1.54) is 0 Å². The molecule has 1 aromatic heterocycles. The monoisotopic (exact) mass is 384 g/mol. The molecule has 2 aromatic rings. The fourth-order valence-electron chi connectivity index (χ4n) is 3.75. The second kappa shape index (κ2) is 6.11. The third-order valence-corrected chi connectivity index (χ3v) is 7.00. The van der Waals surface area contributed by atoms with Crippen LogP contribution in [0.4, 0.5) is 0 Å². The van der Waals surface area contributed by atoms with E-state index in [0.29, 0.717) is 0 Å². The van der Waals surface area contributed by atoms with E-state index in [4.69, 9.17) is 23.0 Å². The van der Waals surface area contributed by atoms with Gasteiger partial charge in [0.05, 0.1) is 34.4 Å². The maximum absolute atomic E-state index is 6.42. The van der Waals surface area contributed by atoms with Gasteiger partial charge in [-0.15, -0.1) is 0 Å². The molecule has 7 heteroatoms. The second-order valence-corrected chi connectivity index (χ2v) is 9.96. The average molecular weight is 384 g/mol. The molecule has 0 unspecified atom stereocenters. The summed E-state index contributed by atoms with van der Waals surface area (Å²) in [7, 11) is -1.03. The second-order valence-electron chi connectivity index (χ2n) is 9.96. The predicted octanol–water partition coefficient (Wildman–Crippen LogP) is 4.78. The van der Waals surface area contributed by atoms with Crippen molar-refractivity contribution in [1.82, 2.24) is 0 Å². The van der Waals surface area contributed by atoms with Gasteiger partial charge in [0.2, 0.25) is 0 Å². The van der Waals surface area contributed by atoms with E-state index in [1.54, 1.807) is 6.26 Å². The Morgan fingerprint density at radius 1 is 0.679 bits per heavy atom. The van der Waals surface area contributed by atoms with Crippen molar-refractivity contribution in [3.8, 4) is 0 Å². The predicted molar refractivity (Wildman–Crippen MR) is 111 cm³/mol. The first-order valence-corrected chi connectivity index (χ1v) is 10.0.